The van der Waals surface area contributed by atoms with Crippen LogP contribution >= 0.6 is 0 Å². The second-order valence-corrected chi connectivity index (χ2v) is 8.88. The Balaban J connectivity index is 2.98. The molecule has 1 aromatic rings. The van der Waals surface area contributed by atoms with E-state index in [1.54, 1.807) is 6.92 Å². The number of benzene rings is 1. The van der Waals surface area contributed by atoms with Crippen LogP contribution in [0, 0.1) is 6.92 Å². The Bertz CT molecular complexity index is 708. The van der Waals surface area contributed by atoms with E-state index >= 15 is 0 Å². The average molecular weight is 348 g/mol. The second-order valence-electron chi connectivity index (χ2n) is 5.12. The van der Waals surface area contributed by atoms with E-state index in [4.69, 9.17) is 0 Å². The Kier molecular flexibility index (Phi) is 6.54. The van der Waals surface area contributed by atoms with Crippen LogP contribution in [0.4, 0.5) is 0 Å². The number of nitrogens with zero attached hydrogens (tertiary/aromatic N) is 1. The maximum atomic E-state index is 12.4. The van der Waals surface area contributed by atoms with Crippen molar-refractivity contribution in [3.8, 4) is 0 Å². The van der Waals surface area contributed by atoms with Gasteiger partial charge in [0.05, 0.1) is 9.79 Å². The van der Waals surface area contributed by atoms with E-state index in [-0.39, 0.29) is 16.3 Å². The molecule has 6 nitrogen and oxygen atoms in total. The molecule has 0 saturated heterocycles. The highest BCUT2D eigenvalue weighted by molar-refractivity contribution is 7.91. The molecule has 22 heavy (non-hydrogen) atoms. The molecule has 0 aliphatic rings. The molecule has 126 valence electrons. The molecule has 0 fully saturated rings. The summed E-state index contributed by atoms with van der Waals surface area (Å²) in [6.07, 6.45) is 1.06. The molecule has 0 aliphatic heterocycles. The molecule has 0 aromatic heterocycles. The van der Waals surface area contributed by atoms with Crippen LogP contribution < -0.4 is 4.72 Å². The summed E-state index contributed by atoms with van der Waals surface area (Å²) in [6.45, 7) is 8.26. The second kappa shape index (κ2) is 7.54. The number of sulfone groups is 1. The van der Waals surface area contributed by atoms with Crippen molar-refractivity contribution < 1.29 is 16.8 Å². The topological polar surface area (TPSA) is 83.6 Å². The normalized spacial score (nSPS) is 12.8. The summed E-state index contributed by atoms with van der Waals surface area (Å²) in [5.74, 6) is 0. The van der Waals surface area contributed by atoms with Gasteiger partial charge < -0.3 is 4.90 Å². The van der Waals surface area contributed by atoms with Crippen LogP contribution in [0.3, 0.4) is 0 Å². The Hall–Kier alpha value is -0.960. The molecule has 0 amide bonds. The van der Waals surface area contributed by atoms with Crippen molar-refractivity contribution in [3.05, 3.63) is 23.8 Å². The molecule has 1 rings (SSSR count). The fourth-order valence-corrected chi connectivity index (χ4v) is 4.07. The highest BCUT2D eigenvalue weighted by Gasteiger charge is 2.19. The third kappa shape index (κ3) is 5.05. The summed E-state index contributed by atoms with van der Waals surface area (Å²) < 4.78 is 50.4. The maximum absolute atomic E-state index is 12.4. The number of aryl methyl sites for hydroxylation is 1. The standard InChI is InChI=1S/C14H24N2O4S2/c1-5-16(6-2)10-9-15-22(19,20)14-11-13(21(4,17)18)8-7-12(14)3/h7-8,11,15H,5-6,9-10H2,1-4H3. The lowest BCUT2D eigenvalue weighted by atomic mass is 10.2. The molecular weight excluding hydrogens is 324 g/mol. The minimum atomic E-state index is -3.73. The first-order valence-corrected chi connectivity index (χ1v) is 10.5. The zero-order valence-corrected chi connectivity index (χ0v) is 15.1. The van der Waals surface area contributed by atoms with Crippen molar-refractivity contribution in [2.24, 2.45) is 0 Å². The van der Waals surface area contributed by atoms with E-state index in [2.05, 4.69) is 9.62 Å². The van der Waals surface area contributed by atoms with Gasteiger partial charge in [-0.25, -0.2) is 21.6 Å². The van der Waals surface area contributed by atoms with Crippen LogP contribution in [0.5, 0.6) is 0 Å². The van der Waals surface area contributed by atoms with Crippen LogP contribution in [0.15, 0.2) is 28.0 Å². The minimum Gasteiger partial charge on any atom is -0.303 e. The average Bonchev–Trinajstić information content (AvgIpc) is 2.42. The van der Waals surface area contributed by atoms with Gasteiger partial charge in [-0.3, -0.25) is 0 Å². The van der Waals surface area contributed by atoms with Crippen molar-refractivity contribution in [1.82, 2.24) is 9.62 Å². The molecule has 0 spiro atoms. The monoisotopic (exact) mass is 348 g/mol. The third-order valence-corrected chi connectivity index (χ3v) is 6.21. The molecule has 0 radical (unpaired) electrons. The first kappa shape index (κ1) is 19.1. The summed E-state index contributed by atoms with van der Waals surface area (Å²) in [7, 11) is -7.17. The molecule has 0 saturated carbocycles. The van der Waals surface area contributed by atoms with E-state index in [1.807, 2.05) is 13.8 Å². The van der Waals surface area contributed by atoms with Crippen molar-refractivity contribution in [2.75, 3.05) is 32.4 Å². The summed E-state index contributed by atoms with van der Waals surface area (Å²) in [6, 6.07) is 4.14. The quantitative estimate of drug-likeness (QED) is 0.758. The Morgan fingerprint density at radius 1 is 1.09 bits per heavy atom. The molecule has 0 atom stereocenters. The Labute approximate surface area is 133 Å². The molecular formula is C14H24N2O4S2. The van der Waals surface area contributed by atoms with Crippen molar-refractivity contribution in [2.45, 2.75) is 30.6 Å². The highest BCUT2D eigenvalue weighted by atomic mass is 32.2. The summed E-state index contributed by atoms with van der Waals surface area (Å²) in [5.41, 5.74) is 0.516. The van der Waals surface area contributed by atoms with E-state index in [0.29, 0.717) is 12.1 Å². The number of hydrogen-bond acceptors (Lipinski definition) is 5. The Morgan fingerprint density at radius 3 is 2.18 bits per heavy atom. The van der Waals surface area contributed by atoms with Gasteiger partial charge in [-0.1, -0.05) is 19.9 Å². The Morgan fingerprint density at radius 2 is 1.68 bits per heavy atom. The van der Waals surface area contributed by atoms with Gasteiger partial charge in [0.1, 0.15) is 0 Å². The van der Waals surface area contributed by atoms with Gasteiger partial charge >= 0.3 is 0 Å². The molecule has 8 heteroatoms. The van der Waals surface area contributed by atoms with Crippen LogP contribution in [0.1, 0.15) is 19.4 Å². The summed E-state index contributed by atoms with van der Waals surface area (Å²) >= 11 is 0. The zero-order valence-electron chi connectivity index (χ0n) is 13.5. The summed E-state index contributed by atoms with van der Waals surface area (Å²) in [5, 5.41) is 0. The fourth-order valence-electron chi connectivity index (χ4n) is 2.06. The molecule has 0 heterocycles. The van der Waals surface area contributed by atoms with E-state index in [1.165, 1.54) is 18.2 Å². The predicted octanol–water partition coefficient (Wildman–Crippen LogP) is 1.02. The lowest BCUT2D eigenvalue weighted by Crippen LogP contribution is -2.35. The first-order valence-electron chi connectivity index (χ1n) is 7.14. The SMILES string of the molecule is CCN(CC)CCNS(=O)(=O)c1cc(S(C)(=O)=O)ccc1C. The maximum Gasteiger partial charge on any atom is 0.240 e. The van der Waals surface area contributed by atoms with E-state index in [9.17, 15) is 16.8 Å². The molecule has 0 aliphatic carbocycles. The lowest BCUT2D eigenvalue weighted by molar-refractivity contribution is 0.309. The number of rotatable bonds is 8. The number of likely N-dealkylation sites (N-methyl/N-ethyl adjacent to an activating group) is 1. The first-order chi connectivity index (χ1) is 10.1. The van der Waals surface area contributed by atoms with Crippen molar-refractivity contribution in [1.29, 1.82) is 0 Å². The lowest BCUT2D eigenvalue weighted by Gasteiger charge is -2.18. The molecule has 0 unspecified atom stereocenters. The van der Waals surface area contributed by atoms with Crippen molar-refractivity contribution >= 4 is 19.9 Å². The van der Waals surface area contributed by atoms with Gasteiger partial charge in [0.15, 0.2) is 9.84 Å². The fraction of sp³-hybridized carbons (Fsp3) is 0.571. The van der Waals surface area contributed by atoms with E-state index < -0.39 is 19.9 Å². The number of sulfonamides is 1. The smallest absolute Gasteiger partial charge is 0.240 e. The van der Waals surface area contributed by atoms with Crippen molar-refractivity contribution in [3.63, 3.8) is 0 Å². The van der Waals surface area contributed by atoms with Gasteiger partial charge in [0, 0.05) is 19.3 Å². The van der Waals surface area contributed by atoms with Crippen LogP contribution in [0.25, 0.3) is 0 Å². The third-order valence-electron chi connectivity index (χ3n) is 3.49. The van der Waals surface area contributed by atoms with Gasteiger partial charge in [-0.05, 0) is 37.7 Å². The largest absolute Gasteiger partial charge is 0.303 e. The van der Waals surface area contributed by atoms with Crippen LogP contribution in [-0.4, -0.2) is 54.2 Å². The molecule has 1 aromatic carbocycles. The number of nitrogens with one attached hydrogen (secondary N) is 1. The van der Waals surface area contributed by atoms with Gasteiger partial charge in [0.25, 0.3) is 0 Å². The molecule has 0 bridgehead atoms. The minimum absolute atomic E-state index is 0.00205. The van der Waals surface area contributed by atoms with Crippen LogP contribution in [-0.2, 0) is 19.9 Å². The van der Waals surface area contributed by atoms with Gasteiger partial charge in [-0.15, -0.1) is 0 Å². The van der Waals surface area contributed by atoms with E-state index in [0.717, 1.165) is 19.3 Å². The molecule has 1 N–H and O–H groups in total. The van der Waals surface area contributed by atoms with Crippen LogP contribution in [0.2, 0.25) is 0 Å². The number of hydrogen-bond donors (Lipinski definition) is 1. The zero-order chi connectivity index (χ0) is 17.0. The summed E-state index contributed by atoms with van der Waals surface area (Å²) in [4.78, 5) is 2.11. The predicted molar refractivity (Wildman–Crippen MR) is 87.3 cm³/mol. The van der Waals surface area contributed by atoms with Gasteiger partial charge in [0.2, 0.25) is 10.0 Å². The highest BCUT2D eigenvalue weighted by Crippen LogP contribution is 2.19. The van der Waals surface area contributed by atoms with Gasteiger partial charge in [-0.2, -0.15) is 0 Å².